The fourth-order valence-corrected chi connectivity index (χ4v) is 4.71. The molecular formula is C26H27NO2. The van der Waals surface area contributed by atoms with Crippen LogP contribution in [0.4, 0.5) is 0 Å². The van der Waals surface area contributed by atoms with Crippen molar-refractivity contribution in [2.24, 2.45) is 5.92 Å². The summed E-state index contributed by atoms with van der Waals surface area (Å²) in [6.45, 7) is 0.0515. The van der Waals surface area contributed by atoms with Crippen LogP contribution in [0.3, 0.4) is 0 Å². The molecule has 0 aliphatic heterocycles. The number of carboxylic acid groups (broad SMARTS) is 1. The van der Waals surface area contributed by atoms with Gasteiger partial charge < -0.3 is 5.11 Å². The number of carboxylic acids is 1. The number of likely N-dealkylation sites (N-methyl/N-ethyl adjacent to an activating group) is 1. The van der Waals surface area contributed by atoms with Gasteiger partial charge in [0.05, 0.1) is 6.54 Å². The lowest BCUT2D eigenvalue weighted by Crippen LogP contribution is -2.36. The van der Waals surface area contributed by atoms with E-state index in [0.29, 0.717) is 5.92 Å². The average Bonchev–Trinajstić information content (AvgIpc) is 2.74. The molecule has 0 amide bonds. The van der Waals surface area contributed by atoms with Gasteiger partial charge in [0.2, 0.25) is 0 Å². The van der Waals surface area contributed by atoms with Crippen molar-refractivity contribution in [1.29, 1.82) is 0 Å². The third-order valence-electron chi connectivity index (χ3n) is 6.03. The maximum Gasteiger partial charge on any atom is 0.317 e. The Morgan fingerprint density at radius 1 is 0.966 bits per heavy atom. The van der Waals surface area contributed by atoms with E-state index in [1.54, 1.807) is 0 Å². The van der Waals surface area contributed by atoms with Crippen molar-refractivity contribution < 1.29 is 9.90 Å². The Hall–Kier alpha value is -2.91. The predicted molar refractivity (Wildman–Crippen MR) is 117 cm³/mol. The summed E-state index contributed by atoms with van der Waals surface area (Å²) in [7, 11) is 1.93. The second-order valence-electron chi connectivity index (χ2n) is 8.02. The molecule has 0 spiro atoms. The van der Waals surface area contributed by atoms with Crippen molar-refractivity contribution in [3.8, 4) is 11.1 Å². The van der Waals surface area contributed by atoms with E-state index in [1.807, 2.05) is 36.2 Å². The fourth-order valence-electron chi connectivity index (χ4n) is 4.71. The number of carbonyl (C=O) groups is 1. The van der Waals surface area contributed by atoms with Crippen LogP contribution < -0.4 is 0 Å². The molecule has 0 saturated heterocycles. The minimum Gasteiger partial charge on any atom is -0.480 e. The van der Waals surface area contributed by atoms with Gasteiger partial charge in [0.15, 0.2) is 0 Å². The van der Waals surface area contributed by atoms with Gasteiger partial charge >= 0.3 is 5.97 Å². The summed E-state index contributed by atoms with van der Waals surface area (Å²) < 4.78 is 0. The molecule has 0 radical (unpaired) electrons. The highest BCUT2D eigenvalue weighted by molar-refractivity contribution is 5.69. The number of benzene rings is 3. The van der Waals surface area contributed by atoms with Gasteiger partial charge in [-0.3, -0.25) is 9.69 Å². The molecule has 2 atom stereocenters. The van der Waals surface area contributed by atoms with Gasteiger partial charge in [0.25, 0.3) is 0 Å². The molecule has 0 fully saturated rings. The summed E-state index contributed by atoms with van der Waals surface area (Å²) in [4.78, 5) is 13.3. The van der Waals surface area contributed by atoms with Crippen molar-refractivity contribution in [2.45, 2.75) is 25.3 Å². The zero-order chi connectivity index (χ0) is 20.2. The molecule has 3 aromatic rings. The van der Waals surface area contributed by atoms with Crippen LogP contribution in [0.1, 0.15) is 29.2 Å². The van der Waals surface area contributed by atoms with Gasteiger partial charge in [-0.1, -0.05) is 78.9 Å². The molecule has 3 nitrogen and oxygen atoms in total. The molecule has 1 aliphatic rings. The lowest BCUT2D eigenvalue weighted by molar-refractivity contribution is -0.138. The lowest BCUT2D eigenvalue weighted by atomic mass is 9.77. The molecule has 0 bridgehead atoms. The predicted octanol–water partition coefficient (Wildman–Crippen LogP) is 5.22. The highest BCUT2D eigenvalue weighted by Crippen LogP contribution is 2.38. The van der Waals surface area contributed by atoms with E-state index < -0.39 is 5.97 Å². The molecule has 0 aromatic heterocycles. The van der Waals surface area contributed by atoms with Crippen molar-refractivity contribution in [3.05, 3.63) is 95.6 Å². The molecule has 0 saturated carbocycles. The van der Waals surface area contributed by atoms with Gasteiger partial charge in [-0.15, -0.1) is 0 Å². The summed E-state index contributed by atoms with van der Waals surface area (Å²) in [6, 6.07) is 27.8. The van der Waals surface area contributed by atoms with Gasteiger partial charge in [-0.05, 0) is 60.0 Å². The standard InChI is InChI=1S/C26H27NO2/c1-27(18-25(28)29)26(20-10-6-3-7-11-20)24-15-14-22-16-21(12-13-23(22)17-24)19-8-4-2-5-9-19/h2-13,16,24,26H,14-15,17-18H2,1H3,(H,28,29). The summed E-state index contributed by atoms with van der Waals surface area (Å²) in [5.74, 6) is -0.381. The third-order valence-corrected chi connectivity index (χ3v) is 6.03. The van der Waals surface area contributed by atoms with Crippen molar-refractivity contribution in [3.63, 3.8) is 0 Å². The SMILES string of the molecule is CN(CC(=O)O)C(c1ccccc1)C1CCc2cc(-c3ccccc3)ccc2C1. The molecule has 1 aliphatic carbocycles. The van der Waals surface area contributed by atoms with Crippen LogP contribution in [0.15, 0.2) is 78.9 Å². The van der Waals surface area contributed by atoms with Crippen LogP contribution in [-0.2, 0) is 17.6 Å². The minimum atomic E-state index is -0.780. The van der Waals surface area contributed by atoms with Crippen molar-refractivity contribution >= 4 is 5.97 Å². The number of rotatable bonds is 6. The van der Waals surface area contributed by atoms with Crippen LogP contribution in [0.2, 0.25) is 0 Å². The molecule has 0 heterocycles. The number of aryl methyl sites for hydroxylation is 1. The van der Waals surface area contributed by atoms with Crippen LogP contribution in [0, 0.1) is 5.92 Å². The van der Waals surface area contributed by atoms with Crippen molar-refractivity contribution in [2.75, 3.05) is 13.6 Å². The molecule has 2 unspecified atom stereocenters. The number of fused-ring (bicyclic) bond motifs is 1. The monoisotopic (exact) mass is 385 g/mol. The minimum absolute atomic E-state index is 0.0515. The first-order chi connectivity index (χ1) is 14.1. The molecule has 148 valence electrons. The fraction of sp³-hybridized carbons (Fsp3) is 0.269. The first-order valence-corrected chi connectivity index (χ1v) is 10.3. The van der Waals surface area contributed by atoms with Gasteiger partial charge in [0, 0.05) is 6.04 Å². The number of aliphatic carboxylic acids is 1. The van der Waals surface area contributed by atoms with E-state index in [1.165, 1.54) is 27.8 Å². The lowest BCUT2D eigenvalue weighted by Gasteiger charge is -2.37. The second kappa shape index (κ2) is 8.62. The Labute approximate surface area is 172 Å². The molecular weight excluding hydrogens is 358 g/mol. The van der Waals surface area contributed by atoms with E-state index in [9.17, 15) is 9.90 Å². The largest absolute Gasteiger partial charge is 0.480 e. The number of hydrogen-bond donors (Lipinski definition) is 1. The van der Waals surface area contributed by atoms with E-state index in [-0.39, 0.29) is 12.6 Å². The number of hydrogen-bond acceptors (Lipinski definition) is 2. The van der Waals surface area contributed by atoms with E-state index in [2.05, 4.69) is 54.6 Å². The summed E-state index contributed by atoms with van der Waals surface area (Å²) in [5, 5.41) is 9.33. The first kappa shape index (κ1) is 19.4. The van der Waals surface area contributed by atoms with E-state index >= 15 is 0 Å². The maximum absolute atomic E-state index is 11.4. The van der Waals surface area contributed by atoms with E-state index in [0.717, 1.165) is 19.3 Å². The van der Waals surface area contributed by atoms with Gasteiger partial charge in [0.1, 0.15) is 0 Å². The summed E-state index contributed by atoms with van der Waals surface area (Å²) in [6.07, 6.45) is 3.08. The Bertz CT molecular complexity index is 969. The van der Waals surface area contributed by atoms with E-state index in [4.69, 9.17) is 0 Å². The van der Waals surface area contributed by atoms with Gasteiger partial charge in [-0.2, -0.15) is 0 Å². The molecule has 1 N–H and O–H groups in total. The summed E-state index contributed by atoms with van der Waals surface area (Å²) in [5.41, 5.74) is 6.54. The van der Waals surface area contributed by atoms with Crippen LogP contribution in [0.25, 0.3) is 11.1 Å². The highest BCUT2D eigenvalue weighted by Gasteiger charge is 2.31. The third kappa shape index (κ3) is 4.41. The van der Waals surface area contributed by atoms with Crippen molar-refractivity contribution in [1.82, 2.24) is 4.90 Å². The smallest absolute Gasteiger partial charge is 0.317 e. The average molecular weight is 386 g/mol. The van der Waals surface area contributed by atoms with Crippen LogP contribution in [0.5, 0.6) is 0 Å². The number of nitrogens with zero attached hydrogens (tertiary/aromatic N) is 1. The quantitative estimate of drug-likeness (QED) is 0.633. The normalized spacial score (nSPS) is 17.0. The maximum atomic E-state index is 11.4. The molecule has 29 heavy (non-hydrogen) atoms. The van der Waals surface area contributed by atoms with Crippen LogP contribution in [-0.4, -0.2) is 29.6 Å². The zero-order valence-electron chi connectivity index (χ0n) is 16.8. The molecule has 3 heteroatoms. The Morgan fingerprint density at radius 2 is 1.66 bits per heavy atom. The molecule has 4 rings (SSSR count). The van der Waals surface area contributed by atoms with Gasteiger partial charge in [-0.25, -0.2) is 0 Å². The first-order valence-electron chi connectivity index (χ1n) is 10.3. The Kier molecular flexibility index (Phi) is 5.77. The Balaban J connectivity index is 1.60. The highest BCUT2D eigenvalue weighted by atomic mass is 16.4. The topological polar surface area (TPSA) is 40.5 Å². The second-order valence-corrected chi connectivity index (χ2v) is 8.02. The Morgan fingerprint density at radius 3 is 2.34 bits per heavy atom. The summed E-state index contributed by atoms with van der Waals surface area (Å²) >= 11 is 0. The molecule has 3 aromatic carbocycles. The zero-order valence-corrected chi connectivity index (χ0v) is 16.8. The van der Waals surface area contributed by atoms with Crippen LogP contribution >= 0.6 is 0 Å².